The van der Waals surface area contributed by atoms with Crippen LogP contribution in [-0.2, 0) is 27.9 Å². The number of rotatable bonds is 53. The van der Waals surface area contributed by atoms with E-state index in [0.717, 1.165) is 83.5 Å². The Balaban J connectivity index is 5.36. The number of esters is 1. The van der Waals surface area contributed by atoms with Crippen LogP contribution in [0.4, 0.5) is 0 Å². The van der Waals surface area contributed by atoms with E-state index in [1.54, 1.807) is 0 Å². The minimum absolute atomic E-state index is 0.0385. The summed E-state index contributed by atoms with van der Waals surface area (Å²) in [4.78, 5) is 37.6. The molecule has 0 bridgehead atoms. The van der Waals surface area contributed by atoms with E-state index in [1.807, 2.05) is 33.3 Å². The second-order valence-corrected chi connectivity index (χ2v) is 22.6. The topological polar surface area (TPSA) is 111 Å². The van der Waals surface area contributed by atoms with Gasteiger partial charge in [0.25, 0.3) is 0 Å². The number of phosphoric acid groups is 1. The summed E-state index contributed by atoms with van der Waals surface area (Å²) >= 11 is 0. The van der Waals surface area contributed by atoms with Crippen molar-refractivity contribution in [2.24, 2.45) is 0 Å². The van der Waals surface area contributed by atoms with E-state index in [9.17, 15) is 19.0 Å². The molecular weight excluding hydrogens is 880 g/mol. The number of nitrogens with zero attached hydrogens (tertiary/aromatic N) is 1. The van der Waals surface area contributed by atoms with Gasteiger partial charge in [0.05, 0.1) is 33.8 Å². The summed E-state index contributed by atoms with van der Waals surface area (Å²) in [6.07, 6.45) is 58.5. The molecule has 69 heavy (non-hydrogen) atoms. The van der Waals surface area contributed by atoms with E-state index in [2.05, 4.69) is 50.4 Å². The number of unbranched alkanes of at least 4 members (excludes halogenated alkanes) is 33. The van der Waals surface area contributed by atoms with Gasteiger partial charge in [-0.05, 0) is 83.1 Å². The van der Waals surface area contributed by atoms with Gasteiger partial charge in [-0.2, -0.15) is 0 Å². The quantitative estimate of drug-likeness (QED) is 0.0205. The van der Waals surface area contributed by atoms with Crippen molar-refractivity contribution in [2.75, 3.05) is 40.9 Å². The zero-order chi connectivity index (χ0) is 50.8. The third-order valence-electron chi connectivity index (χ3n) is 13.1. The monoisotopic (exact) mass is 994 g/mol. The van der Waals surface area contributed by atoms with Gasteiger partial charge in [-0.1, -0.05) is 218 Å². The van der Waals surface area contributed by atoms with Gasteiger partial charge in [0.15, 0.2) is 0 Å². The predicted octanol–water partition coefficient (Wildman–Crippen LogP) is 17.6. The SMILES string of the molecule is CCCCCCCC/C=C\CCCCCC(=O)OC(/C=C\CCCCCCCCCCCCC)C(COP(=O)(O)OCC[N+](C)(C)C)NC(=O)CCCCCCCCC/C=C/CCCCCCCC. The van der Waals surface area contributed by atoms with E-state index >= 15 is 0 Å². The molecule has 10 heteroatoms. The van der Waals surface area contributed by atoms with Crippen LogP contribution >= 0.6 is 7.82 Å². The highest BCUT2D eigenvalue weighted by atomic mass is 31.2. The van der Waals surface area contributed by atoms with Crippen LogP contribution in [0.3, 0.4) is 0 Å². The van der Waals surface area contributed by atoms with Crippen molar-refractivity contribution in [1.29, 1.82) is 0 Å². The van der Waals surface area contributed by atoms with E-state index in [-0.39, 0.29) is 31.5 Å². The summed E-state index contributed by atoms with van der Waals surface area (Å²) in [5.74, 6) is -0.521. The third-order valence-corrected chi connectivity index (χ3v) is 14.0. The molecule has 0 aromatic rings. The van der Waals surface area contributed by atoms with Crippen LogP contribution in [0.15, 0.2) is 36.5 Å². The smallest absolute Gasteiger partial charge is 0.456 e. The van der Waals surface area contributed by atoms with Gasteiger partial charge in [-0.3, -0.25) is 18.6 Å². The van der Waals surface area contributed by atoms with Crippen molar-refractivity contribution in [3.05, 3.63) is 36.5 Å². The van der Waals surface area contributed by atoms with Crippen LogP contribution in [0, 0.1) is 0 Å². The van der Waals surface area contributed by atoms with Crippen molar-refractivity contribution in [3.63, 3.8) is 0 Å². The van der Waals surface area contributed by atoms with Crippen LogP contribution in [0.1, 0.15) is 278 Å². The molecule has 2 N–H and O–H groups in total. The fraction of sp³-hybridized carbons (Fsp3) is 0.864. The Morgan fingerprint density at radius 3 is 1.25 bits per heavy atom. The Kier molecular flexibility index (Phi) is 48.5. The molecule has 3 atom stereocenters. The highest BCUT2D eigenvalue weighted by Crippen LogP contribution is 2.43. The van der Waals surface area contributed by atoms with Gasteiger partial charge >= 0.3 is 13.8 Å². The number of allylic oxidation sites excluding steroid dienone is 5. The van der Waals surface area contributed by atoms with Gasteiger partial charge in [0.2, 0.25) is 5.91 Å². The number of ether oxygens (including phenoxy) is 1. The molecule has 9 nitrogen and oxygen atoms in total. The van der Waals surface area contributed by atoms with Gasteiger partial charge in [-0.15, -0.1) is 0 Å². The number of phosphoric ester groups is 1. The first kappa shape index (κ1) is 67.2. The molecule has 0 aliphatic heterocycles. The zero-order valence-corrected chi connectivity index (χ0v) is 47.2. The van der Waals surface area contributed by atoms with E-state index in [4.69, 9.17) is 13.8 Å². The number of likely N-dealkylation sites (N-methyl/N-ethyl adjacent to an activating group) is 1. The summed E-state index contributed by atoms with van der Waals surface area (Å²) in [6.45, 7) is 7.00. The standard InChI is InChI=1S/C59H113N2O7P/c1-7-10-13-16-19-22-25-28-29-30-31-34-36-39-42-45-48-51-58(62)60-56(55-67-69(64,65)66-54-53-61(4,5)6)57(50-47-44-41-38-35-32-26-23-20-17-14-11-8-2)68-59(63)52-49-46-43-40-37-33-27-24-21-18-15-12-9-3/h28-29,33,37,47,50,56-57H,7-27,30-32,34-36,38-46,48-49,51-55H2,1-6H3,(H-,60,62,64,65)/p+1/b29-28+,37-33-,50-47-. The van der Waals surface area contributed by atoms with E-state index < -0.39 is 20.0 Å². The van der Waals surface area contributed by atoms with Crippen LogP contribution in [0.2, 0.25) is 0 Å². The van der Waals surface area contributed by atoms with Crippen molar-refractivity contribution >= 4 is 19.7 Å². The van der Waals surface area contributed by atoms with Crippen molar-refractivity contribution in [2.45, 2.75) is 290 Å². The Hall–Kier alpha value is -1.77. The molecule has 0 heterocycles. The summed E-state index contributed by atoms with van der Waals surface area (Å²) in [5.41, 5.74) is 0. The zero-order valence-electron chi connectivity index (χ0n) is 46.3. The molecule has 0 aromatic carbocycles. The molecule has 0 saturated carbocycles. The predicted molar refractivity (Wildman–Crippen MR) is 296 cm³/mol. The minimum atomic E-state index is -4.44. The van der Waals surface area contributed by atoms with Crippen molar-refractivity contribution < 1.29 is 37.3 Å². The van der Waals surface area contributed by atoms with Crippen LogP contribution in [0.25, 0.3) is 0 Å². The molecule has 3 unspecified atom stereocenters. The van der Waals surface area contributed by atoms with Gasteiger partial charge in [-0.25, -0.2) is 4.57 Å². The Morgan fingerprint density at radius 1 is 0.493 bits per heavy atom. The van der Waals surface area contributed by atoms with Gasteiger partial charge in [0.1, 0.15) is 19.3 Å². The van der Waals surface area contributed by atoms with Crippen LogP contribution < -0.4 is 5.32 Å². The lowest BCUT2D eigenvalue weighted by Crippen LogP contribution is -2.47. The maximum absolute atomic E-state index is 13.5. The number of quaternary nitrogens is 1. The average molecular weight is 995 g/mol. The molecule has 0 radical (unpaired) electrons. The van der Waals surface area contributed by atoms with Gasteiger partial charge < -0.3 is 19.4 Å². The first-order chi connectivity index (χ1) is 33.4. The molecule has 0 saturated heterocycles. The molecule has 0 aliphatic carbocycles. The summed E-state index contributed by atoms with van der Waals surface area (Å²) in [6, 6.07) is -0.853. The highest BCUT2D eigenvalue weighted by Gasteiger charge is 2.30. The van der Waals surface area contributed by atoms with E-state index in [1.165, 1.54) is 161 Å². The lowest BCUT2D eigenvalue weighted by molar-refractivity contribution is -0.870. The lowest BCUT2D eigenvalue weighted by atomic mass is 10.0. The van der Waals surface area contributed by atoms with Crippen molar-refractivity contribution in [3.8, 4) is 0 Å². The molecule has 1 amide bonds. The fourth-order valence-electron chi connectivity index (χ4n) is 8.46. The Morgan fingerprint density at radius 2 is 0.841 bits per heavy atom. The largest absolute Gasteiger partial charge is 0.472 e. The Bertz CT molecular complexity index is 1280. The van der Waals surface area contributed by atoms with Crippen LogP contribution in [-0.4, -0.2) is 74.3 Å². The number of nitrogens with one attached hydrogen (secondary N) is 1. The number of hydrogen-bond donors (Lipinski definition) is 2. The molecule has 0 rings (SSSR count). The van der Waals surface area contributed by atoms with Gasteiger partial charge in [0, 0.05) is 12.8 Å². The van der Waals surface area contributed by atoms with Crippen LogP contribution in [0.5, 0.6) is 0 Å². The normalized spacial score (nSPS) is 14.0. The lowest BCUT2D eigenvalue weighted by Gasteiger charge is -2.27. The fourth-order valence-corrected chi connectivity index (χ4v) is 9.19. The molecular formula is C59H114N2O7P+. The number of carbonyl (C=O) groups is 2. The number of carbonyl (C=O) groups excluding carboxylic acids is 2. The second kappa shape index (κ2) is 49.8. The number of amides is 1. The molecule has 0 fully saturated rings. The number of hydrogen-bond acceptors (Lipinski definition) is 6. The maximum Gasteiger partial charge on any atom is 0.472 e. The maximum atomic E-state index is 13.5. The molecule has 0 aliphatic rings. The first-order valence-corrected chi connectivity index (χ1v) is 30.8. The third kappa shape index (κ3) is 51.0. The average Bonchev–Trinajstić information content (AvgIpc) is 3.31. The van der Waals surface area contributed by atoms with Crippen molar-refractivity contribution in [1.82, 2.24) is 5.32 Å². The highest BCUT2D eigenvalue weighted by molar-refractivity contribution is 7.47. The molecule has 0 aromatic heterocycles. The second-order valence-electron chi connectivity index (χ2n) is 21.2. The molecule has 0 spiro atoms. The molecule has 406 valence electrons. The van der Waals surface area contributed by atoms with E-state index in [0.29, 0.717) is 17.4 Å². The minimum Gasteiger partial charge on any atom is -0.456 e. The summed E-state index contributed by atoms with van der Waals surface area (Å²) in [5, 5.41) is 3.05. The Labute approximate surface area is 427 Å². The first-order valence-electron chi connectivity index (χ1n) is 29.3. The summed E-state index contributed by atoms with van der Waals surface area (Å²) in [7, 11) is 1.49. The summed E-state index contributed by atoms with van der Waals surface area (Å²) < 4.78 is 30.6.